The van der Waals surface area contributed by atoms with E-state index in [0.29, 0.717) is 56.0 Å². The molecular formula is C21H24BrN5O3S. The zero-order chi connectivity index (χ0) is 22.9. The fraction of sp³-hybridized carbons (Fsp3) is 0.381. The number of nitrogens with zero attached hydrogens (tertiary/aromatic N) is 4. The molecule has 8 nitrogen and oxygen atoms in total. The summed E-state index contributed by atoms with van der Waals surface area (Å²) >= 11 is 4.73. The van der Waals surface area contributed by atoms with Gasteiger partial charge >= 0.3 is 0 Å². The van der Waals surface area contributed by atoms with Crippen molar-refractivity contribution in [3.63, 3.8) is 0 Å². The van der Waals surface area contributed by atoms with Crippen molar-refractivity contribution in [3.05, 3.63) is 44.2 Å². The monoisotopic (exact) mass is 505 g/mol. The molecule has 31 heavy (non-hydrogen) atoms. The molecular weight excluding hydrogens is 482 g/mol. The molecule has 3 rings (SSSR count). The number of ether oxygens (including phenoxy) is 2. The number of carbonyl (C=O) groups is 1. The molecule has 2 N–H and O–H groups in total. The van der Waals surface area contributed by atoms with E-state index in [1.165, 1.54) is 11.8 Å². The first-order chi connectivity index (χ1) is 14.8. The molecule has 0 unspecified atom stereocenters. The SMILES string of the molecule is CCN(CC)C(=O)C1=C(C)N=C2SC(C#N)=C(N)N2[C@H]1c1cc(Br)c(OC)cc1OC. The van der Waals surface area contributed by atoms with E-state index in [9.17, 15) is 10.1 Å². The number of methoxy groups -OCH3 is 2. The average molecular weight is 506 g/mol. The molecule has 1 aromatic carbocycles. The molecule has 1 aromatic rings. The van der Waals surface area contributed by atoms with Crippen molar-refractivity contribution in [1.82, 2.24) is 9.80 Å². The molecule has 10 heteroatoms. The minimum Gasteiger partial charge on any atom is -0.496 e. The number of halogens is 1. The Morgan fingerprint density at radius 3 is 2.52 bits per heavy atom. The van der Waals surface area contributed by atoms with Gasteiger partial charge in [-0.3, -0.25) is 9.69 Å². The van der Waals surface area contributed by atoms with Crippen LogP contribution in [0.15, 0.2) is 43.6 Å². The lowest BCUT2D eigenvalue weighted by Crippen LogP contribution is -2.42. The molecule has 0 aromatic heterocycles. The summed E-state index contributed by atoms with van der Waals surface area (Å²) in [6.07, 6.45) is 0. The van der Waals surface area contributed by atoms with Gasteiger partial charge in [-0.15, -0.1) is 0 Å². The number of aliphatic imine (C=N–C) groups is 1. The van der Waals surface area contributed by atoms with Crippen LogP contribution in [-0.4, -0.2) is 48.2 Å². The van der Waals surface area contributed by atoms with Crippen LogP contribution in [0.4, 0.5) is 0 Å². The van der Waals surface area contributed by atoms with Crippen LogP contribution in [0.2, 0.25) is 0 Å². The van der Waals surface area contributed by atoms with Crippen LogP contribution in [0.25, 0.3) is 0 Å². The van der Waals surface area contributed by atoms with E-state index < -0.39 is 6.04 Å². The predicted octanol–water partition coefficient (Wildman–Crippen LogP) is 3.72. The van der Waals surface area contributed by atoms with Gasteiger partial charge in [0.2, 0.25) is 0 Å². The molecule has 2 heterocycles. The quantitative estimate of drug-likeness (QED) is 0.627. The summed E-state index contributed by atoms with van der Waals surface area (Å²) in [5.41, 5.74) is 8.15. The Balaban J connectivity index is 2.30. The number of hydrogen-bond donors (Lipinski definition) is 1. The highest BCUT2D eigenvalue weighted by Crippen LogP contribution is 2.49. The summed E-state index contributed by atoms with van der Waals surface area (Å²) in [5.74, 6) is 1.27. The fourth-order valence-electron chi connectivity index (χ4n) is 3.69. The number of carbonyl (C=O) groups excluding carboxylic acids is 1. The molecule has 0 bridgehead atoms. The van der Waals surface area contributed by atoms with Gasteiger partial charge in [0.05, 0.1) is 36.0 Å². The lowest BCUT2D eigenvalue weighted by Gasteiger charge is -2.37. The normalized spacial score (nSPS) is 17.9. The Kier molecular flexibility index (Phi) is 6.86. The maximum absolute atomic E-state index is 13.6. The van der Waals surface area contributed by atoms with Gasteiger partial charge in [0.25, 0.3) is 5.91 Å². The largest absolute Gasteiger partial charge is 0.496 e. The van der Waals surface area contributed by atoms with Crippen LogP contribution >= 0.6 is 27.7 Å². The molecule has 2 aliphatic rings. The average Bonchev–Trinajstić information content (AvgIpc) is 3.08. The minimum absolute atomic E-state index is 0.132. The molecule has 1 amide bonds. The first-order valence-electron chi connectivity index (χ1n) is 9.69. The summed E-state index contributed by atoms with van der Waals surface area (Å²) in [5, 5.41) is 10.1. The van der Waals surface area contributed by atoms with E-state index in [-0.39, 0.29) is 11.7 Å². The number of nitrogens with two attached hydrogens (primary N) is 1. The van der Waals surface area contributed by atoms with Gasteiger partial charge in [-0.1, -0.05) is 0 Å². The van der Waals surface area contributed by atoms with Crippen molar-refractivity contribution in [3.8, 4) is 17.6 Å². The third kappa shape index (κ3) is 3.88. The summed E-state index contributed by atoms with van der Waals surface area (Å²) in [7, 11) is 3.13. The second-order valence-corrected chi connectivity index (χ2v) is 8.63. The standard InChI is InChI=1S/C21H24BrN5O3S/c1-6-26(7-2)20(28)17-11(3)25-21-27(19(24)16(10-23)31-21)18(17)12-8-13(22)15(30-5)9-14(12)29-4/h8-9,18H,6-7,24H2,1-5H3/t18-/m0/s1. The minimum atomic E-state index is -0.615. The van der Waals surface area contributed by atoms with E-state index in [1.807, 2.05) is 19.9 Å². The third-order valence-electron chi connectivity index (χ3n) is 5.26. The molecule has 164 valence electrons. The van der Waals surface area contributed by atoms with E-state index in [0.717, 1.165) is 0 Å². The lowest BCUT2D eigenvalue weighted by molar-refractivity contribution is -0.127. The van der Waals surface area contributed by atoms with Crippen LogP contribution in [0, 0.1) is 11.3 Å². The number of thioether (sulfide) groups is 1. The maximum Gasteiger partial charge on any atom is 0.254 e. The number of rotatable bonds is 6. The summed E-state index contributed by atoms with van der Waals surface area (Å²) in [4.78, 5) is 22.0. The molecule has 0 aliphatic carbocycles. The number of nitriles is 1. The van der Waals surface area contributed by atoms with E-state index in [4.69, 9.17) is 15.2 Å². The van der Waals surface area contributed by atoms with Crippen molar-refractivity contribution < 1.29 is 14.3 Å². The number of fused-ring (bicyclic) bond motifs is 1. The van der Waals surface area contributed by atoms with Gasteiger partial charge in [0.15, 0.2) is 5.17 Å². The molecule has 2 aliphatic heterocycles. The zero-order valence-electron chi connectivity index (χ0n) is 18.0. The molecule has 0 fully saturated rings. The molecule has 0 spiro atoms. The van der Waals surface area contributed by atoms with E-state index in [1.54, 1.807) is 37.0 Å². The number of likely N-dealkylation sites (N-methyl/N-ethyl adjacent to an activating group) is 1. The Hall–Kier alpha value is -2.64. The van der Waals surface area contributed by atoms with Gasteiger partial charge in [-0.05, 0) is 54.5 Å². The maximum atomic E-state index is 13.6. The van der Waals surface area contributed by atoms with Crippen molar-refractivity contribution in [2.45, 2.75) is 26.8 Å². The number of amides is 1. The first kappa shape index (κ1) is 23.0. The van der Waals surface area contributed by atoms with Crippen LogP contribution in [-0.2, 0) is 4.79 Å². The second kappa shape index (κ2) is 9.24. The van der Waals surface area contributed by atoms with Crippen LogP contribution in [0.5, 0.6) is 11.5 Å². The fourth-order valence-corrected chi connectivity index (χ4v) is 5.13. The summed E-state index contributed by atoms with van der Waals surface area (Å²) in [6.45, 7) is 6.79. The highest BCUT2D eigenvalue weighted by molar-refractivity contribution is 9.10. The molecule has 0 saturated heterocycles. The molecule has 1 atom stereocenters. The van der Waals surface area contributed by atoms with Gasteiger partial charge in [-0.2, -0.15) is 5.26 Å². The summed E-state index contributed by atoms with van der Waals surface area (Å²) < 4.78 is 11.8. The van der Waals surface area contributed by atoms with E-state index in [2.05, 4.69) is 27.0 Å². The van der Waals surface area contributed by atoms with Gasteiger partial charge in [0.1, 0.15) is 28.3 Å². The lowest BCUT2D eigenvalue weighted by atomic mass is 9.92. The van der Waals surface area contributed by atoms with E-state index >= 15 is 0 Å². The van der Waals surface area contributed by atoms with Crippen LogP contribution in [0.1, 0.15) is 32.4 Å². The van der Waals surface area contributed by atoms with Gasteiger partial charge in [0, 0.05) is 24.7 Å². The Morgan fingerprint density at radius 1 is 1.32 bits per heavy atom. The molecule has 0 radical (unpaired) electrons. The smallest absolute Gasteiger partial charge is 0.254 e. The summed E-state index contributed by atoms with van der Waals surface area (Å²) in [6, 6.07) is 5.13. The highest BCUT2D eigenvalue weighted by atomic mass is 79.9. The zero-order valence-corrected chi connectivity index (χ0v) is 20.4. The first-order valence-corrected chi connectivity index (χ1v) is 11.3. The number of amidine groups is 1. The van der Waals surface area contributed by atoms with Gasteiger partial charge < -0.3 is 20.1 Å². The van der Waals surface area contributed by atoms with Crippen LogP contribution in [0.3, 0.4) is 0 Å². The second-order valence-electron chi connectivity index (χ2n) is 6.80. The Bertz CT molecular complexity index is 1060. The number of benzene rings is 1. The van der Waals surface area contributed by atoms with Gasteiger partial charge in [-0.25, -0.2) is 4.99 Å². The van der Waals surface area contributed by atoms with Crippen LogP contribution < -0.4 is 15.2 Å². The highest BCUT2D eigenvalue weighted by Gasteiger charge is 2.44. The number of allylic oxidation sites excluding steroid dienone is 2. The topological polar surface area (TPSA) is 104 Å². The van der Waals surface area contributed by atoms with Crippen molar-refractivity contribution in [2.75, 3.05) is 27.3 Å². The predicted molar refractivity (Wildman–Crippen MR) is 124 cm³/mol. The third-order valence-corrected chi connectivity index (χ3v) is 6.85. The number of hydrogen-bond acceptors (Lipinski definition) is 8. The van der Waals surface area contributed by atoms with Crippen molar-refractivity contribution in [2.24, 2.45) is 10.7 Å². The van der Waals surface area contributed by atoms with Crippen molar-refractivity contribution in [1.29, 1.82) is 5.26 Å². The molecule has 0 saturated carbocycles. The van der Waals surface area contributed by atoms with Crippen molar-refractivity contribution >= 4 is 38.8 Å². The Labute approximate surface area is 194 Å². The Morgan fingerprint density at radius 2 is 1.97 bits per heavy atom.